The predicted octanol–water partition coefficient (Wildman–Crippen LogP) is 2.26. The Bertz CT molecular complexity index is 424. The molecule has 2 rings (SSSR count). The third-order valence-electron chi connectivity index (χ3n) is 1.60. The highest BCUT2D eigenvalue weighted by Crippen LogP contribution is 2.18. The summed E-state index contributed by atoms with van der Waals surface area (Å²) >= 11 is 5.68. The maximum atomic E-state index is 5.68. The number of pyridine rings is 1. The molecule has 2 heterocycles. The van der Waals surface area contributed by atoms with Gasteiger partial charge in [0.1, 0.15) is 0 Å². The van der Waals surface area contributed by atoms with Crippen LogP contribution in [-0.4, -0.2) is 14.8 Å². The van der Waals surface area contributed by atoms with Gasteiger partial charge in [-0.05, 0) is 6.07 Å². The van der Waals surface area contributed by atoms with E-state index in [4.69, 9.17) is 16.3 Å². The monoisotopic (exact) mass is 209 g/mol. The first-order valence-corrected chi connectivity index (χ1v) is 4.40. The fraction of sp³-hybridized carbons (Fsp3) is 0.111. The van der Waals surface area contributed by atoms with Crippen molar-refractivity contribution in [2.45, 2.75) is 0 Å². The summed E-state index contributed by atoms with van der Waals surface area (Å²) in [5.74, 6) is 1.16. The Balaban J connectivity index is 2.15. The van der Waals surface area contributed by atoms with Crippen LogP contribution in [0, 0.1) is 0 Å². The zero-order valence-electron chi connectivity index (χ0n) is 7.51. The van der Waals surface area contributed by atoms with Crippen LogP contribution in [0.2, 0.25) is 5.02 Å². The Morgan fingerprint density at radius 3 is 2.79 bits per heavy atom. The van der Waals surface area contributed by atoms with Gasteiger partial charge in [0, 0.05) is 19.3 Å². The Hall–Kier alpha value is -1.55. The van der Waals surface area contributed by atoms with E-state index in [1.54, 1.807) is 29.2 Å². The van der Waals surface area contributed by atoms with Crippen molar-refractivity contribution in [1.82, 2.24) is 14.8 Å². The predicted molar refractivity (Wildman–Crippen MR) is 52.5 cm³/mol. The fourth-order valence-corrected chi connectivity index (χ4v) is 1.11. The summed E-state index contributed by atoms with van der Waals surface area (Å²) in [6.45, 7) is 0. The zero-order valence-corrected chi connectivity index (χ0v) is 8.27. The van der Waals surface area contributed by atoms with Gasteiger partial charge in [-0.3, -0.25) is 4.68 Å². The molecule has 0 spiro atoms. The maximum absolute atomic E-state index is 5.68. The van der Waals surface area contributed by atoms with Gasteiger partial charge in [-0.15, -0.1) is 0 Å². The van der Waals surface area contributed by atoms with Crippen molar-refractivity contribution >= 4 is 11.6 Å². The van der Waals surface area contributed by atoms with Crippen LogP contribution in [0.4, 0.5) is 0 Å². The Morgan fingerprint density at radius 2 is 2.21 bits per heavy atom. The second kappa shape index (κ2) is 3.67. The summed E-state index contributed by atoms with van der Waals surface area (Å²) in [5, 5.41) is 4.55. The first-order chi connectivity index (χ1) is 6.74. The number of aromatic nitrogens is 3. The number of ether oxygens (including phenoxy) is 1. The molecule has 0 amide bonds. The number of halogens is 1. The first kappa shape index (κ1) is 9.02. The molecule has 0 aliphatic heterocycles. The van der Waals surface area contributed by atoms with Crippen LogP contribution >= 0.6 is 11.6 Å². The van der Waals surface area contributed by atoms with Crippen LogP contribution < -0.4 is 4.74 Å². The van der Waals surface area contributed by atoms with Crippen LogP contribution in [0.1, 0.15) is 0 Å². The van der Waals surface area contributed by atoms with Crippen LogP contribution in [0.25, 0.3) is 0 Å². The van der Waals surface area contributed by atoms with Gasteiger partial charge < -0.3 is 4.74 Å². The standard InChI is InChI=1S/C9H8ClN3O/c1-13-6-8(5-12-13)14-9-3-2-7(10)4-11-9/h2-6H,1H3. The van der Waals surface area contributed by atoms with Gasteiger partial charge >= 0.3 is 0 Å². The lowest BCUT2D eigenvalue weighted by Gasteiger charge is -1.99. The second-order valence-corrected chi connectivity index (χ2v) is 3.20. The SMILES string of the molecule is Cn1cc(Oc2ccc(Cl)cn2)cn1. The van der Waals surface area contributed by atoms with Crippen LogP contribution in [0.3, 0.4) is 0 Å². The van der Waals surface area contributed by atoms with Gasteiger partial charge in [-0.25, -0.2) is 4.98 Å². The molecule has 0 radical (unpaired) electrons. The Labute approximate surface area is 86.1 Å². The molecule has 72 valence electrons. The molecule has 2 aromatic heterocycles. The Kier molecular flexibility index (Phi) is 2.37. The minimum absolute atomic E-state index is 0.502. The number of hydrogen-bond acceptors (Lipinski definition) is 3. The average Bonchev–Trinajstić information content (AvgIpc) is 2.56. The molecule has 0 N–H and O–H groups in total. The molecule has 0 fully saturated rings. The third kappa shape index (κ3) is 2.03. The van der Waals surface area contributed by atoms with E-state index in [-0.39, 0.29) is 0 Å². The number of nitrogens with zero attached hydrogens (tertiary/aromatic N) is 3. The number of rotatable bonds is 2. The highest BCUT2D eigenvalue weighted by atomic mass is 35.5. The van der Waals surface area contributed by atoms with Gasteiger partial charge in [-0.2, -0.15) is 5.10 Å². The number of hydrogen-bond donors (Lipinski definition) is 0. The molecule has 5 heteroatoms. The fourth-order valence-electron chi connectivity index (χ4n) is 0.995. The van der Waals surface area contributed by atoms with Gasteiger partial charge in [-0.1, -0.05) is 11.6 Å². The lowest BCUT2D eigenvalue weighted by molar-refractivity contribution is 0.462. The van der Waals surface area contributed by atoms with Crippen molar-refractivity contribution in [3.8, 4) is 11.6 Å². The van der Waals surface area contributed by atoms with E-state index in [1.165, 1.54) is 6.20 Å². The van der Waals surface area contributed by atoms with Gasteiger partial charge in [0.15, 0.2) is 5.75 Å². The van der Waals surface area contributed by atoms with Gasteiger partial charge in [0.2, 0.25) is 5.88 Å². The third-order valence-corrected chi connectivity index (χ3v) is 1.83. The molecule has 4 nitrogen and oxygen atoms in total. The minimum Gasteiger partial charge on any atom is -0.436 e. The highest BCUT2D eigenvalue weighted by molar-refractivity contribution is 6.30. The lowest BCUT2D eigenvalue weighted by atomic mass is 10.5. The smallest absolute Gasteiger partial charge is 0.219 e. The Morgan fingerprint density at radius 1 is 1.36 bits per heavy atom. The zero-order chi connectivity index (χ0) is 9.97. The quantitative estimate of drug-likeness (QED) is 0.762. The normalized spacial score (nSPS) is 10.1. The largest absolute Gasteiger partial charge is 0.436 e. The summed E-state index contributed by atoms with van der Waals surface area (Å²) in [6.07, 6.45) is 4.92. The molecule has 0 saturated heterocycles. The van der Waals surface area contributed by atoms with E-state index in [9.17, 15) is 0 Å². The molecule has 14 heavy (non-hydrogen) atoms. The van der Waals surface area contributed by atoms with E-state index in [2.05, 4.69) is 10.1 Å². The molecule has 2 aromatic rings. The van der Waals surface area contributed by atoms with Gasteiger partial charge in [0.05, 0.1) is 17.4 Å². The van der Waals surface area contributed by atoms with Crippen molar-refractivity contribution in [2.24, 2.45) is 7.05 Å². The molecular formula is C9H8ClN3O. The summed E-state index contributed by atoms with van der Waals surface area (Å²) in [6, 6.07) is 3.43. The van der Waals surface area contributed by atoms with Crippen molar-refractivity contribution in [3.05, 3.63) is 35.7 Å². The van der Waals surface area contributed by atoms with Crippen LogP contribution in [0.15, 0.2) is 30.7 Å². The molecule has 0 atom stereocenters. The molecular weight excluding hydrogens is 202 g/mol. The highest BCUT2D eigenvalue weighted by Gasteiger charge is 1.99. The summed E-state index contributed by atoms with van der Waals surface area (Å²) in [7, 11) is 1.82. The second-order valence-electron chi connectivity index (χ2n) is 2.77. The molecule has 0 saturated carbocycles. The molecule has 0 bridgehead atoms. The van der Waals surface area contributed by atoms with E-state index >= 15 is 0 Å². The molecule has 0 aliphatic rings. The van der Waals surface area contributed by atoms with Crippen molar-refractivity contribution < 1.29 is 4.74 Å². The number of aryl methyl sites for hydroxylation is 1. The molecule has 0 aromatic carbocycles. The van der Waals surface area contributed by atoms with E-state index < -0.39 is 0 Å². The van der Waals surface area contributed by atoms with E-state index in [1.807, 2.05) is 7.05 Å². The minimum atomic E-state index is 0.502. The van der Waals surface area contributed by atoms with E-state index in [0.29, 0.717) is 16.7 Å². The van der Waals surface area contributed by atoms with Gasteiger partial charge in [0.25, 0.3) is 0 Å². The maximum Gasteiger partial charge on any atom is 0.219 e. The van der Waals surface area contributed by atoms with Crippen LogP contribution in [0.5, 0.6) is 11.6 Å². The summed E-state index contributed by atoms with van der Waals surface area (Å²) in [5.41, 5.74) is 0. The van der Waals surface area contributed by atoms with Crippen LogP contribution in [-0.2, 0) is 7.05 Å². The lowest BCUT2D eigenvalue weighted by Crippen LogP contribution is -1.86. The molecule has 0 aliphatic carbocycles. The van der Waals surface area contributed by atoms with E-state index in [0.717, 1.165) is 0 Å². The average molecular weight is 210 g/mol. The summed E-state index contributed by atoms with van der Waals surface area (Å²) in [4.78, 5) is 3.99. The van der Waals surface area contributed by atoms with Crippen molar-refractivity contribution in [2.75, 3.05) is 0 Å². The topological polar surface area (TPSA) is 39.9 Å². The molecule has 0 unspecified atom stereocenters. The van der Waals surface area contributed by atoms with Crippen molar-refractivity contribution in [1.29, 1.82) is 0 Å². The van der Waals surface area contributed by atoms with Crippen molar-refractivity contribution in [3.63, 3.8) is 0 Å². The summed E-state index contributed by atoms with van der Waals surface area (Å²) < 4.78 is 7.06. The first-order valence-electron chi connectivity index (χ1n) is 4.02.